The van der Waals surface area contributed by atoms with Gasteiger partial charge in [0.25, 0.3) is 0 Å². The molecular weight excluding hydrogens is 162 g/mol. The molecule has 3 N–H and O–H groups in total. The Hall–Kier alpha value is 0.631. The van der Waals surface area contributed by atoms with Gasteiger partial charge in [-0.1, -0.05) is 0 Å². The maximum atomic E-state index is 8.20. The molecule has 0 unspecified atom stereocenters. The van der Waals surface area contributed by atoms with Gasteiger partial charge in [0, 0.05) is 12.3 Å². The van der Waals surface area contributed by atoms with Crippen LogP contribution in [0.25, 0.3) is 0 Å². The van der Waals surface area contributed by atoms with Crippen LogP contribution in [0.2, 0.25) is 0 Å². The zero-order valence-corrected chi connectivity index (χ0v) is 4.48. The van der Waals surface area contributed by atoms with Crippen molar-refractivity contribution in [1.82, 2.24) is 10.2 Å². The topological polar surface area (TPSA) is 78.4 Å². The van der Waals surface area contributed by atoms with E-state index in [9.17, 15) is 0 Å². The van der Waals surface area contributed by atoms with E-state index < -0.39 is 7.32 Å². The third-order valence-electron chi connectivity index (χ3n) is 0.701. The van der Waals surface area contributed by atoms with Crippen molar-refractivity contribution in [2.24, 2.45) is 0 Å². The molecule has 0 saturated carbocycles. The van der Waals surface area contributed by atoms with E-state index in [1.165, 1.54) is 12.3 Å². The van der Waals surface area contributed by atoms with Gasteiger partial charge >= 0.3 is 58.7 Å². The first-order chi connectivity index (χ1) is 4.29. The summed E-state index contributed by atoms with van der Waals surface area (Å²) in [6.45, 7) is 0. The van der Waals surface area contributed by atoms with Crippen LogP contribution in [0.5, 0.6) is 5.88 Å². The van der Waals surface area contributed by atoms with E-state index >= 15 is 0 Å². The first-order valence-corrected chi connectivity index (χ1v) is 2.31. The molecule has 1 rings (SSSR count). The van der Waals surface area contributed by atoms with Crippen molar-refractivity contribution in [2.45, 2.75) is 0 Å². The SMILES string of the molecule is OB(O)Oc1cc[nH]n1.[KH]. The van der Waals surface area contributed by atoms with Gasteiger partial charge in [-0.15, -0.1) is 5.10 Å². The van der Waals surface area contributed by atoms with E-state index in [0.717, 1.165) is 0 Å². The Labute approximate surface area is 100 Å². The molecule has 0 atom stereocenters. The quantitative estimate of drug-likeness (QED) is 0.451. The van der Waals surface area contributed by atoms with E-state index in [1.54, 1.807) is 0 Å². The van der Waals surface area contributed by atoms with E-state index in [1.807, 2.05) is 0 Å². The molecular formula is C3H6BKN2O3. The number of aromatic nitrogens is 2. The molecule has 0 aliphatic carbocycles. The molecule has 0 saturated heterocycles. The summed E-state index contributed by atoms with van der Waals surface area (Å²) in [6.07, 6.45) is 1.51. The zero-order chi connectivity index (χ0) is 6.69. The van der Waals surface area contributed by atoms with Crippen LogP contribution in [0.3, 0.4) is 0 Å². The fraction of sp³-hybridized carbons (Fsp3) is 0. The Morgan fingerprint density at radius 3 is 2.70 bits per heavy atom. The normalized spacial score (nSPS) is 8.20. The molecule has 0 aliphatic heterocycles. The molecule has 1 aromatic rings. The fourth-order valence-corrected chi connectivity index (χ4v) is 0.420. The summed E-state index contributed by atoms with van der Waals surface area (Å²) in [6, 6.07) is 1.47. The molecule has 0 radical (unpaired) electrons. The molecule has 0 aromatic carbocycles. The summed E-state index contributed by atoms with van der Waals surface area (Å²) >= 11 is 0. The average Bonchev–Trinajstić information content (AvgIpc) is 2.15. The maximum absolute atomic E-state index is 8.20. The monoisotopic (exact) mass is 168 g/mol. The standard InChI is InChI=1S/C3H5BN2O3.K.H/c7-4(8)9-3-1-2-5-6-3;;/h1-2,7-8H,(H,5,6);;. The number of nitrogens with one attached hydrogen (secondary N) is 1. The third-order valence-corrected chi connectivity index (χ3v) is 0.701. The minimum atomic E-state index is -1.80. The number of rotatable bonds is 2. The van der Waals surface area contributed by atoms with Crippen LogP contribution in [-0.4, -0.2) is 79.0 Å². The molecule has 0 fully saturated rings. The van der Waals surface area contributed by atoms with Gasteiger partial charge in [0.2, 0.25) is 5.88 Å². The Morgan fingerprint density at radius 2 is 2.30 bits per heavy atom. The number of hydrogen-bond acceptors (Lipinski definition) is 4. The number of aromatic amines is 1. The second kappa shape index (κ2) is 5.30. The summed E-state index contributed by atoms with van der Waals surface area (Å²) < 4.78 is 4.32. The molecule has 10 heavy (non-hydrogen) atoms. The van der Waals surface area contributed by atoms with Crippen molar-refractivity contribution in [3.8, 4) is 5.88 Å². The van der Waals surface area contributed by atoms with Gasteiger partial charge in [0.1, 0.15) is 0 Å². The summed E-state index contributed by atoms with van der Waals surface area (Å²) in [5.41, 5.74) is 0. The zero-order valence-electron chi connectivity index (χ0n) is 4.48. The Balaban J connectivity index is 0.000000810. The van der Waals surface area contributed by atoms with Crippen molar-refractivity contribution in [2.75, 3.05) is 0 Å². The molecule has 50 valence electrons. The molecule has 1 aromatic heterocycles. The van der Waals surface area contributed by atoms with Gasteiger partial charge < -0.3 is 14.7 Å². The van der Waals surface area contributed by atoms with Gasteiger partial charge in [0.05, 0.1) is 0 Å². The number of nitrogens with zero attached hydrogens (tertiary/aromatic N) is 1. The van der Waals surface area contributed by atoms with Crippen molar-refractivity contribution in [3.05, 3.63) is 12.3 Å². The van der Waals surface area contributed by atoms with Crippen LogP contribution in [0.15, 0.2) is 12.3 Å². The van der Waals surface area contributed by atoms with E-state index in [2.05, 4.69) is 14.9 Å². The predicted octanol–water partition coefficient (Wildman–Crippen LogP) is -1.89. The van der Waals surface area contributed by atoms with Crippen molar-refractivity contribution < 1.29 is 14.7 Å². The number of H-pyrrole nitrogens is 1. The summed E-state index contributed by atoms with van der Waals surface area (Å²) in [5, 5.41) is 22.3. The first-order valence-electron chi connectivity index (χ1n) is 2.31. The third kappa shape index (κ3) is 3.72. The Morgan fingerprint density at radius 1 is 1.60 bits per heavy atom. The average molecular weight is 168 g/mol. The van der Waals surface area contributed by atoms with E-state index in [4.69, 9.17) is 10.0 Å². The predicted molar refractivity (Wildman–Crippen MR) is 36.6 cm³/mol. The molecule has 1 heterocycles. The second-order valence-electron chi connectivity index (χ2n) is 1.36. The minimum absolute atomic E-state index is 0. The fourth-order valence-electron chi connectivity index (χ4n) is 0.420. The van der Waals surface area contributed by atoms with Crippen LogP contribution in [-0.2, 0) is 0 Å². The number of hydrogen-bond donors (Lipinski definition) is 3. The van der Waals surface area contributed by atoms with Crippen LogP contribution < -0.4 is 4.65 Å². The Bertz CT molecular complexity index is 168. The molecule has 0 aliphatic rings. The summed E-state index contributed by atoms with van der Waals surface area (Å²) in [4.78, 5) is 0. The van der Waals surface area contributed by atoms with Gasteiger partial charge in [-0.2, -0.15) is 0 Å². The van der Waals surface area contributed by atoms with Crippen LogP contribution in [0, 0.1) is 0 Å². The molecule has 5 nitrogen and oxygen atoms in total. The van der Waals surface area contributed by atoms with Crippen molar-refractivity contribution >= 4 is 58.7 Å². The molecule has 7 heteroatoms. The van der Waals surface area contributed by atoms with E-state index in [-0.39, 0.29) is 57.3 Å². The van der Waals surface area contributed by atoms with Crippen LogP contribution in [0.1, 0.15) is 0 Å². The first kappa shape index (κ1) is 10.6. The van der Waals surface area contributed by atoms with Gasteiger partial charge in [-0.3, -0.25) is 5.10 Å². The van der Waals surface area contributed by atoms with Crippen molar-refractivity contribution in [1.29, 1.82) is 0 Å². The second-order valence-corrected chi connectivity index (χ2v) is 1.36. The van der Waals surface area contributed by atoms with Gasteiger partial charge in [-0.05, 0) is 0 Å². The van der Waals surface area contributed by atoms with Gasteiger partial charge in [-0.25, -0.2) is 0 Å². The molecule has 0 amide bonds. The Kier molecular flexibility index (Phi) is 5.64. The summed E-state index contributed by atoms with van der Waals surface area (Å²) in [7, 11) is -1.80. The van der Waals surface area contributed by atoms with Crippen LogP contribution >= 0.6 is 0 Å². The summed E-state index contributed by atoms with van der Waals surface area (Å²) in [5.74, 6) is 0.157. The molecule has 0 spiro atoms. The van der Waals surface area contributed by atoms with Gasteiger partial charge in [0.15, 0.2) is 0 Å². The van der Waals surface area contributed by atoms with Crippen LogP contribution in [0.4, 0.5) is 0 Å². The molecule has 0 bridgehead atoms. The van der Waals surface area contributed by atoms with Crippen molar-refractivity contribution in [3.63, 3.8) is 0 Å². The van der Waals surface area contributed by atoms with E-state index in [0.29, 0.717) is 0 Å².